The third-order valence-corrected chi connectivity index (χ3v) is 11.0. The Kier molecular flexibility index (Phi) is 8.14. The first kappa shape index (κ1) is 32.5. The summed E-state index contributed by atoms with van der Waals surface area (Å²) in [5.41, 5.74) is 1.98. The van der Waals surface area contributed by atoms with Gasteiger partial charge >= 0.3 is 0 Å². The van der Waals surface area contributed by atoms with Gasteiger partial charge in [0, 0.05) is 24.9 Å². The Hall–Kier alpha value is -4.74. The second kappa shape index (κ2) is 12.5. The number of nitrogens with zero attached hydrogens (tertiary/aromatic N) is 6. The normalized spacial score (nSPS) is 27.5. The van der Waals surface area contributed by atoms with Gasteiger partial charge in [-0.3, -0.25) is 9.59 Å². The molecule has 2 fully saturated rings. The molecule has 0 saturated heterocycles. The van der Waals surface area contributed by atoms with Gasteiger partial charge in [-0.1, -0.05) is 52.0 Å². The predicted octanol–water partition coefficient (Wildman–Crippen LogP) is 5.89. The van der Waals surface area contributed by atoms with Crippen LogP contribution in [0.4, 0.5) is 11.9 Å². The molecule has 8 rings (SSSR count). The van der Waals surface area contributed by atoms with Gasteiger partial charge in [0.25, 0.3) is 0 Å². The third-order valence-electron chi connectivity index (χ3n) is 11.0. The van der Waals surface area contributed by atoms with Crippen molar-refractivity contribution >= 4 is 23.5 Å². The number of hydrogen-bond acceptors (Lipinski definition) is 10. The molecule has 0 spiro atoms. The van der Waals surface area contributed by atoms with Crippen LogP contribution in [0.2, 0.25) is 0 Å². The summed E-state index contributed by atoms with van der Waals surface area (Å²) in [4.78, 5) is 35.6. The lowest BCUT2D eigenvalue weighted by molar-refractivity contribution is -0.130. The van der Waals surface area contributed by atoms with E-state index in [-0.39, 0.29) is 58.4 Å². The van der Waals surface area contributed by atoms with E-state index in [4.69, 9.17) is 9.47 Å². The van der Waals surface area contributed by atoms with Crippen LogP contribution in [-0.4, -0.2) is 66.4 Å². The highest BCUT2D eigenvalue weighted by atomic mass is 16.5. The highest BCUT2D eigenvalue weighted by Gasteiger charge is 2.50. The summed E-state index contributed by atoms with van der Waals surface area (Å²) in [6, 6.07) is 15.8. The average molecular weight is 679 g/mol. The molecule has 6 atom stereocenters. The molecule has 12 heteroatoms. The molecule has 0 amide bonds. The van der Waals surface area contributed by atoms with Crippen molar-refractivity contribution in [3.63, 3.8) is 0 Å². The van der Waals surface area contributed by atoms with Crippen LogP contribution in [0.25, 0.3) is 0 Å². The summed E-state index contributed by atoms with van der Waals surface area (Å²) in [7, 11) is 0. The van der Waals surface area contributed by atoms with Crippen LogP contribution in [0.15, 0.2) is 61.2 Å². The number of carbonyl (C=O) groups excluding carboxylic acids is 2. The van der Waals surface area contributed by atoms with Crippen molar-refractivity contribution in [2.75, 3.05) is 23.8 Å². The number of hydrogen-bond donors (Lipinski definition) is 2. The van der Waals surface area contributed by atoms with Gasteiger partial charge in [-0.15, -0.1) is 0 Å². The first-order chi connectivity index (χ1) is 24.1. The standard InChI is InChI=1S/C38H46N8O4/c1-37(2)17-27-31(29(47)19-37)33(45-35(43-27)39-21-41-45)23-7-11-25(12-8-23)49-15-5-6-16-50-26-13-9-24(10-14-26)34-32-28(18-38(3,4)20-30(32)48)44-36-40-22-42-46(34)36/h7-14,21-22,27-28,31-34H,5-6,15-20H2,1-4H3,(H,39,41,43)(H,40,42,44). The number of fused-ring (bicyclic) bond motifs is 4. The Labute approximate surface area is 292 Å². The zero-order valence-corrected chi connectivity index (χ0v) is 29.2. The van der Waals surface area contributed by atoms with Crippen molar-refractivity contribution in [1.29, 1.82) is 0 Å². The van der Waals surface area contributed by atoms with Crippen molar-refractivity contribution < 1.29 is 19.1 Å². The fourth-order valence-electron chi connectivity index (χ4n) is 8.84. The van der Waals surface area contributed by atoms with Crippen LogP contribution in [0.1, 0.15) is 89.4 Å². The average Bonchev–Trinajstić information content (AvgIpc) is 3.73. The third kappa shape index (κ3) is 6.13. The van der Waals surface area contributed by atoms with E-state index in [0.29, 0.717) is 38.0 Å². The van der Waals surface area contributed by atoms with Crippen LogP contribution in [0.5, 0.6) is 11.5 Å². The van der Waals surface area contributed by atoms with Crippen molar-refractivity contribution in [3.05, 3.63) is 72.3 Å². The number of anilines is 2. The molecule has 12 nitrogen and oxygen atoms in total. The number of benzene rings is 2. The number of aromatic nitrogens is 6. The van der Waals surface area contributed by atoms with Crippen LogP contribution in [-0.2, 0) is 9.59 Å². The molecule has 0 bridgehead atoms. The number of unbranched alkanes of at least 4 members (excludes halogenated alkanes) is 1. The van der Waals surface area contributed by atoms with E-state index < -0.39 is 0 Å². The van der Waals surface area contributed by atoms with Crippen LogP contribution in [0, 0.1) is 22.7 Å². The monoisotopic (exact) mass is 678 g/mol. The number of carbonyl (C=O) groups is 2. The molecule has 4 aliphatic rings. The number of nitrogens with one attached hydrogen (secondary N) is 2. The Morgan fingerprint density at radius 1 is 0.660 bits per heavy atom. The van der Waals surface area contributed by atoms with E-state index in [1.54, 1.807) is 12.7 Å². The molecule has 50 heavy (non-hydrogen) atoms. The topological polar surface area (TPSA) is 138 Å². The van der Waals surface area contributed by atoms with Gasteiger partial charge in [0.2, 0.25) is 11.9 Å². The first-order valence-electron chi connectivity index (χ1n) is 17.9. The molecule has 4 heterocycles. The lowest BCUT2D eigenvalue weighted by Crippen LogP contribution is -2.52. The summed E-state index contributed by atoms with van der Waals surface area (Å²) >= 11 is 0. The number of Topliss-reactive ketones (excluding diaryl/α,β-unsaturated/α-hetero) is 2. The first-order valence-corrected chi connectivity index (χ1v) is 17.9. The van der Waals surface area contributed by atoms with Gasteiger partial charge in [-0.25, -0.2) is 9.36 Å². The van der Waals surface area contributed by atoms with E-state index in [1.165, 1.54) is 0 Å². The molecular formula is C38H46N8O4. The molecule has 2 aromatic heterocycles. The van der Waals surface area contributed by atoms with Gasteiger partial charge < -0.3 is 20.1 Å². The Balaban J connectivity index is 0.836. The van der Waals surface area contributed by atoms with E-state index in [0.717, 1.165) is 48.3 Å². The van der Waals surface area contributed by atoms with Gasteiger partial charge in [0.15, 0.2) is 0 Å². The largest absolute Gasteiger partial charge is 0.494 e. The Bertz CT molecular complexity index is 1730. The highest BCUT2D eigenvalue weighted by molar-refractivity contribution is 5.86. The smallest absolute Gasteiger partial charge is 0.221 e. The highest BCUT2D eigenvalue weighted by Crippen LogP contribution is 2.48. The van der Waals surface area contributed by atoms with E-state index in [1.807, 2.05) is 57.9 Å². The molecule has 6 unspecified atom stereocenters. The molecule has 4 aromatic rings. The molecule has 2 N–H and O–H groups in total. The van der Waals surface area contributed by atoms with Crippen LogP contribution < -0.4 is 20.1 Å². The minimum absolute atomic E-state index is 0.0316. The van der Waals surface area contributed by atoms with Crippen molar-refractivity contribution in [2.24, 2.45) is 22.7 Å². The summed E-state index contributed by atoms with van der Waals surface area (Å²) < 4.78 is 15.8. The summed E-state index contributed by atoms with van der Waals surface area (Å²) in [5.74, 6) is 3.18. The van der Waals surface area contributed by atoms with Crippen molar-refractivity contribution in [2.45, 2.75) is 90.4 Å². The van der Waals surface area contributed by atoms with Crippen molar-refractivity contribution in [1.82, 2.24) is 29.5 Å². The summed E-state index contributed by atoms with van der Waals surface area (Å²) in [6.45, 7) is 9.79. The molecule has 2 aromatic carbocycles. The van der Waals surface area contributed by atoms with Crippen LogP contribution in [0.3, 0.4) is 0 Å². The van der Waals surface area contributed by atoms with E-state index in [9.17, 15) is 9.59 Å². The minimum atomic E-state index is -0.193. The van der Waals surface area contributed by atoms with Gasteiger partial charge in [-0.05, 0) is 71.9 Å². The summed E-state index contributed by atoms with van der Waals surface area (Å²) in [6.07, 6.45) is 7.75. The quantitative estimate of drug-likeness (QED) is 0.206. The molecule has 2 saturated carbocycles. The van der Waals surface area contributed by atoms with E-state index >= 15 is 0 Å². The second-order valence-electron chi connectivity index (χ2n) is 16.1. The minimum Gasteiger partial charge on any atom is -0.494 e. The summed E-state index contributed by atoms with van der Waals surface area (Å²) in [5, 5.41) is 15.9. The maximum Gasteiger partial charge on any atom is 0.221 e. The van der Waals surface area contributed by atoms with Gasteiger partial charge in [-0.2, -0.15) is 20.2 Å². The molecule has 0 radical (unpaired) electrons. The SMILES string of the molecule is CC1(C)CC(=O)C2C(C1)Nc1ncnn1C2c1ccc(OCCCCOc2ccc(C3C4C(=O)CC(C)(C)CC4Nc4ncnn43)cc2)cc1. The fraction of sp³-hybridized carbons (Fsp3) is 0.526. The number of rotatable bonds is 9. The lowest BCUT2D eigenvalue weighted by atomic mass is 9.66. The molecule has 262 valence electrons. The molecule has 2 aliphatic carbocycles. The van der Waals surface area contributed by atoms with Crippen molar-refractivity contribution in [3.8, 4) is 11.5 Å². The van der Waals surface area contributed by atoms with Gasteiger partial charge in [0.1, 0.15) is 35.7 Å². The predicted molar refractivity (Wildman–Crippen MR) is 187 cm³/mol. The maximum atomic E-state index is 13.4. The number of ether oxygens (including phenoxy) is 2. The number of ketones is 2. The fourth-order valence-corrected chi connectivity index (χ4v) is 8.84. The Morgan fingerprint density at radius 3 is 1.46 bits per heavy atom. The maximum absolute atomic E-state index is 13.4. The zero-order chi connectivity index (χ0) is 34.6. The zero-order valence-electron chi connectivity index (χ0n) is 29.2. The lowest BCUT2D eigenvalue weighted by Gasteiger charge is -2.46. The van der Waals surface area contributed by atoms with Gasteiger partial charge in [0.05, 0.1) is 37.1 Å². The second-order valence-corrected chi connectivity index (χ2v) is 16.1. The Morgan fingerprint density at radius 2 is 1.06 bits per heavy atom. The van der Waals surface area contributed by atoms with E-state index in [2.05, 4.69) is 58.5 Å². The van der Waals surface area contributed by atoms with Crippen LogP contribution >= 0.6 is 0 Å². The molecule has 2 aliphatic heterocycles. The molecular weight excluding hydrogens is 632 g/mol.